The average Bonchev–Trinajstić information content (AvgIpc) is 2.65. The molecule has 0 bridgehead atoms. The van der Waals surface area contributed by atoms with E-state index in [-0.39, 0.29) is 0 Å². The van der Waals surface area contributed by atoms with Gasteiger partial charge in [0.15, 0.2) is 4.77 Å². The Kier molecular flexibility index (Phi) is 3.80. The molecule has 1 atom stereocenters. The van der Waals surface area contributed by atoms with E-state index >= 15 is 0 Å². The van der Waals surface area contributed by atoms with Gasteiger partial charge in [-0.1, -0.05) is 6.92 Å². The minimum absolute atomic E-state index is 0.367. The zero-order chi connectivity index (χ0) is 13.1. The number of benzene rings is 1. The van der Waals surface area contributed by atoms with E-state index in [0.717, 1.165) is 17.6 Å². The SMILES string of the molecule is COCC(C)Cn1c(=S)[nH]c2ccc(C#N)cc21. The van der Waals surface area contributed by atoms with E-state index in [1.807, 2.05) is 16.7 Å². The van der Waals surface area contributed by atoms with Gasteiger partial charge in [0.25, 0.3) is 0 Å². The lowest BCUT2D eigenvalue weighted by Crippen LogP contribution is -2.12. The van der Waals surface area contributed by atoms with Crippen LogP contribution in [0.15, 0.2) is 18.2 Å². The fourth-order valence-electron chi connectivity index (χ4n) is 2.05. The quantitative estimate of drug-likeness (QED) is 0.861. The predicted octanol–water partition coefficient (Wildman–Crippen LogP) is 2.85. The summed E-state index contributed by atoms with van der Waals surface area (Å²) in [5.41, 5.74) is 2.58. The predicted molar refractivity (Wildman–Crippen MR) is 72.9 cm³/mol. The van der Waals surface area contributed by atoms with Crippen molar-refractivity contribution >= 4 is 23.3 Å². The summed E-state index contributed by atoms with van der Waals surface area (Å²) in [4.78, 5) is 3.15. The third-order valence-electron chi connectivity index (χ3n) is 2.85. The number of hydrogen-bond donors (Lipinski definition) is 1. The highest BCUT2D eigenvalue weighted by Gasteiger charge is 2.09. The van der Waals surface area contributed by atoms with Gasteiger partial charge in [-0.15, -0.1) is 0 Å². The van der Waals surface area contributed by atoms with Crippen LogP contribution < -0.4 is 0 Å². The van der Waals surface area contributed by atoms with Crippen LogP contribution in [0.4, 0.5) is 0 Å². The van der Waals surface area contributed by atoms with Gasteiger partial charge in [-0.25, -0.2) is 0 Å². The number of methoxy groups -OCH3 is 1. The van der Waals surface area contributed by atoms with Crippen molar-refractivity contribution in [3.05, 3.63) is 28.5 Å². The van der Waals surface area contributed by atoms with Crippen molar-refractivity contribution in [3.63, 3.8) is 0 Å². The second-order valence-electron chi connectivity index (χ2n) is 4.45. The van der Waals surface area contributed by atoms with E-state index in [4.69, 9.17) is 22.2 Å². The molecular formula is C13H15N3OS. The maximum absolute atomic E-state index is 8.95. The first-order chi connectivity index (χ1) is 8.65. The lowest BCUT2D eigenvalue weighted by molar-refractivity contribution is 0.152. The van der Waals surface area contributed by atoms with Crippen LogP contribution in [-0.4, -0.2) is 23.3 Å². The van der Waals surface area contributed by atoms with Crippen LogP contribution in [0.25, 0.3) is 11.0 Å². The Morgan fingerprint density at radius 1 is 1.56 bits per heavy atom. The fraction of sp³-hybridized carbons (Fsp3) is 0.385. The van der Waals surface area contributed by atoms with E-state index in [1.165, 1.54) is 0 Å². The Morgan fingerprint density at radius 3 is 3.00 bits per heavy atom. The minimum Gasteiger partial charge on any atom is -0.384 e. The highest BCUT2D eigenvalue weighted by atomic mass is 32.1. The van der Waals surface area contributed by atoms with Gasteiger partial charge in [-0.3, -0.25) is 0 Å². The van der Waals surface area contributed by atoms with Crippen molar-refractivity contribution in [2.24, 2.45) is 5.92 Å². The molecule has 0 fully saturated rings. The normalized spacial score (nSPS) is 12.5. The molecule has 1 aromatic heterocycles. The third-order valence-corrected chi connectivity index (χ3v) is 3.17. The Hall–Kier alpha value is -1.64. The van der Waals surface area contributed by atoms with Gasteiger partial charge in [0.05, 0.1) is 29.3 Å². The van der Waals surface area contributed by atoms with E-state index in [0.29, 0.717) is 22.9 Å². The molecule has 0 saturated carbocycles. The van der Waals surface area contributed by atoms with E-state index in [2.05, 4.69) is 18.0 Å². The summed E-state index contributed by atoms with van der Waals surface area (Å²) in [6.45, 7) is 3.58. The number of ether oxygens (including phenoxy) is 1. The Balaban J connectivity index is 2.46. The van der Waals surface area contributed by atoms with Crippen molar-refractivity contribution < 1.29 is 4.74 Å². The number of H-pyrrole nitrogens is 1. The number of fused-ring (bicyclic) bond motifs is 1. The van der Waals surface area contributed by atoms with Crippen molar-refractivity contribution in [1.82, 2.24) is 9.55 Å². The Morgan fingerprint density at radius 2 is 2.33 bits per heavy atom. The number of nitrogens with zero attached hydrogens (tertiary/aromatic N) is 2. The van der Waals surface area contributed by atoms with E-state index in [9.17, 15) is 0 Å². The monoisotopic (exact) mass is 261 g/mol. The second kappa shape index (κ2) is 5.34. The number of imidazole rings is 1. The third kappa shape index (κ3) is 2.45. The molecule has 0 saturated heterocycles. The Bertz CT molecular complexity index is 650. The molecule has 0 spiro atoms. The molecule has 1 heterocycles. The van der Waals surface area contributed by atoms with Crippen molar-refractivity contribution in [3.8, 4) is 6.07 Å². The summed E-state index contributed by atoms with van der Waals surface area (Å²) in [5, 5.41) is 8.95. The molecule has 1 unspecified atom stereocenters. The molecule has 1 N–H and O–H groups in total. The smallest absolute Gasteiger partial charge is 0.178 e. The summed E-state index contributed by atoms with van der Waals surface area (Å²) in [6.07, 6.45) is 0. The topological polar surface area (TPSA) is 53.7 Å². The van der Waals surface area contributed by atoms with Crippen LogP contribution in [0.2, 0.25) is 0 Å². The maximum Gasteiger partial charge on any atom is 0.178 e. The number of rotatable bonds is 4. The van der Waals surface area contributed by atoms with Gasteiger partial charge < -0.3 is 14.3 Å². The minimum atomic E-state index is 0.367. The summed E-state index contributed by atoms with van der Waals surface area (Å²) >= 11 is 5.32. The number of nitriles is 1. The van der Waals surface area contributed by atoms with E-state index in [1.54, 1.807) is 13.2 Å². The van der Waals surface area contributed by atoms with Gasteiger partial charge >= 0.3 is 0 Å². The lowest BCUT2D eigenvalue weighted by Gasteiger charge is -2.11. The molecule has 0 aliphatic carbocycles. The van der Waals surface area contributed by atoms with Crippen LogP contribution in [0, 0.1) is 22.0 Å². The van der Waals surface area contributed by atoms with Crippen molar-refractivity contribution in [1.29, 1.82) is 5.26 Å². The van der Waals surface area contributed by atoms with Crippen LogP contribution >= 0.6 is 12.2 Å². The number of nitrogens with one attached hydrogen (secondary N) is 1. The van der Waals surface area contributed by atoms with Gasteiger partial charge in [0.1, 0.15) is 0 Å². The van der Waals surface area contributed by atoms with Gasteiger partial charge in [0.2, 0.25) is 0 Å². The standard InChI is InChI=1S/C13H15N3OS/c1-9(8-17-2)7-16-12-5-10(6-14)3-4-11(12)15-13(16)18/h3-5,9H,7-8H2,1-2H3,(H,15,18). The summed E-state index contributed by atoms with van der Waals surface area (Å²) in [5.74, 6) is 0.367. The first-order valence-corrected chi connectivity index (χ1v) is 6.18. The average molecular weight is 261 g/mol. The number of aromatic nitrogens is 2. The summed E-state index contributed by atoms with van der Waals surface area (Å²) < 4.78 is 7.85. The molecule has 94 valence electrons. The van der Waals surface area contributed by atoms with Crippen LogP contribution in [-0.2, 0) is 11.3 Å². The molecule has 5 heteroatoms. The summed E-state index contributed by atoms with van der Waals surface area (Å²) in [6, 6.07) is 7.69. The largest absolute Gasteiger partial charge is 0.384 e. The van der Waals surface area contributed by atoms with Gasteiger partial charge in [-0.2, -0.15) is 5.26 Å². The Labute approximate surface area is 111 Å². The van der Waals surface area contributed by atoms with E-state index < -0.39 is 0 Å². The van der Waals surface area contributed by atoms with Crippen molar-refractivity contribution in [2.75, 3.05) is 13.7 Å². The molecule has 1 aromatic carbocycles. The van der Waals surface area contributed by atoms with Gasteiger partial charge in [-0.05, 0) is 36.3 Å². The highest BCUT2D eigenvalue weighted by Crippen LogP contribution is 2.17. The zero-order valence-corrected chi connectivity index (χ0v) is 11.3. The molecule has 2 aromatic rings. The summed E-state index contributed by atoms with van der Waals surface area (Å²) in [7, 11) is 1.69. The maximum atomic E-state index is 8.95. The highest BCUT2D eigenvalue weighted by molar-refractivity contribution is 7.71. The second-order valence-corrected chi connectivity index (χ2v) is 4.83. The van der Waals surface area contributed by atoms with Crippen LogP contribution in [0.5, 0.6) is 0 Å². The van der Waals surface area contributed by atoms with Crippen LogP contribution in [0.3, 0.4) is 0 Å². The zero-order valence-electron chi connectivity index (χ0n) is 10.4. The molecule has 4 nitrogen and oxygen atoms in total. The lowest BCUT2D eigenvalue weighted by atomic mass is 10.2. The van der Waals surface area contributed by atoms with Crippen molar-refractivity contribution in [2.45, 2.75) is 13.5 Å². The first-order valence-electron chi connectivity index (χ1n) is 5.77. The molecule has 0 amide bonds. The molecular weight excluding hydrogens is 246 g/mol. The molecule has 18 heavy (non-hydrogen) atoms. The number of aromatic amines is 1. The number of hydrogen-bond acceptors (Lipinski definition) is 3. The first kappa shape index (κ1) is 12.8. The molecule has 0 aliphatic rings. The fourth-order valence-corrected chi connectivity index (χ4v) is 2.34. The van der Waals surface area contributed by atoms with Gasteiger partial charge in [0, 0.05) is 13.7 Å². The van der Waals surface area contributed by atoms with Crippen LogP contribution in [0.1, 0.15) is 12.5 Å². The molecule has 2 rings (SSSR count). The molecule has 0 aliphatic heterocycles. The molecule has 0 radical (unpaired) electrons.